The maximum atomic E-state index is 13.6. The zero-order valence-corrected chi connectivity index (χ0v) is 21.7. The quantitative estimate of drug-likeness (QED) is 0.500. The Morgan fingerprint density at radius 2 is 1.76 bits per heavy atom. The molecule has 0 fully saturated rings. The highest BCUT2D eigenvalue weighted by atomic mass is 35.5. The lowest BCUT2D eigenvalue weighted by Gasteiger charge is -2.33. The zero-order valence-electron chi connectivity index (χ0n) is 20.1. The third-order valence-electron chi connectivity index (χ3n) is 5.10. The number of amides is 2. The van der Waals surface area contributed by atoms with E-state index in [1.165, 1.54) is 17.0 Å². The van der Waals surface area contributed by atoms with Crippen molar-refractivity contribution in [2.45, 2.75) is 45.8 Å². The summed E-state index contributed by atoms with van der Waals surface area (Å²) in [6.45, 7) is 5.13. The van der Waals surface area contributed by atoms with Crippen molar-refractivity contribution in [3.63, 3.8) is 0 Å². The Bertz CT molecular complexity index is 1090. The van der Waals surface area contributed by atoms with Crippen molar-refractivity contribution >= 4 is 39.1 Å². The Hall–Kier alpha value is -2.78. The van der Waals surface area contributed by atoms with Crippen molar-refractivity contribution in [1.29, 1.82) is 0 Å². The molecule has 8 nitrogen and oxygen atoms in total. The molecule has 186 valence electrons. The number of nitrogens with one attached hydrogen (secondary N) is 1. The van der Waals surface area contributed by atoms with Gasteiger partial charge in [0.15, 0.2) is 0 Å². The van der Waals surface area contributed by atoms with Crippen LogP contribution in [0.25, 0.3) is 0 Å². The van der Waals surface area contributed by atoms with E-state index in [-0.39, 0.29) is 18.5 Å². The van der Waals surface area contributed by atoms with Gasteiger partial charge in [-0.25, -0.2) is 8.42 Å². The summed E-state index contributed by atoms with van der Waals surface area (Å²) in [4.78, 5) is 27.9. The Kier molecular flexibility index (Phi) is 9.76. The van der Waals surface area contributed by atoms with E-state index in [0.717, 1.165) is 16.1 Å². The van der Waals surface area contributed by atoms with Gasteiger partial charge < -0.3 is 15.0 Å². The van der Waals surface area contributed by atoms with Gasteiger partial charge in [-0.2, -0.15) is 0 Å². The van der Waals surface area contributed by atoms with E-state index < -0.39 is 28.5 Å². The number of hydrogen-bond donors (Lipinski definition) is 1. The van der Waals surface area contributed by atoms with Crippen LogP contribution in [0.5, 0.6) is 5.75 Å². The molecule has 0 heterocycles. The van der Waals surface area contributed by atoms with E-state index in [4.69, 9.17) is 16.3 Å². The van der Waals surface area contributed by atoms with Crippen LogP contribution >= 0.6 is 11.6 Å². The van der Waals surface area contributed by atoms with Gasteiger partial charge in [0.05, 0.1) is 19.1 Å². The van der Waals surface area contributed by atoms with Crippen LogP contribution in [0.15, 0.2) is 48.5 Å². The molecule has 0 aliphatic rings. The summed E-state index contributed by atoms with van der Waals surface area (Å²) in [5, 5.41) is 3.30. The van der Waals surface area contributed by atoms with E-state index in [1.54, 1.807) is 37.4 Å². The molecule has 0 spiro atoms. The number of halogens is 1. The van der Waals surface area contributed by atoms with E-state index in [9.17, 15) is 18.0 Å². The molecule has 2 aromatic carbocycles. The van der Waals surface area contributed by atoms with Crippen LogP contribution in [0.4, 0.5) is 5.69 Å². The van der Waals surface area contributed by atoms with Crippen LogP contribution in [0.2, 0.25) is 5.02 Å². The van der Waals surface area contributed by atoms with E-state index in [0.29, 0.717) is 22.9 Å². The van der Waals surface area contributed by atoms with Crippen molar-refractivity contribution in [2.75, 3.05) is 24.2 Å². The predicted octanol–water partition coefficient (Wildman–Crippen LogP) is 3.45. The fraction of sp³-hybridized carbons (Fsp3) is 0.417. The first kappa shape index (κ1) is 27.5. The van der Waals surface area contributed by atoms with Gasteiger partial charge in [0.1, 0.15) is 18.3 Å². The van der Waals surface area contributed by atoms with Gasteiger partial charge in [0.25, 0.3) is 0 Å². The normalized spacial score (nSPS) is 12.2. The highest BCUT2D eigenvalue weighted by molar-refractivity contribution is 7.92. The number of sulfonamides is 1. The van der Waals surface area contributed by atoms with Gasteiger partial charge in [-0.3, -0.25) is 13.9 Å². The zero-order chi connectivity index (χ0) is 25.5. The molecular formula is C24H32ClN3O5S. The number of ether oxygens (including phenoxy) is 1. The molecule has 0 radical (unpaired) electrons. The first-order valence-electron chi connectivity index (χ1n) is 10.9. The molecule has 0 aromatic heterocycles. The number of carbonyl (C=O) groups is 2. The minimum atomic E-state index is -3.79. The van der Waals surface area contributed by atoms with Crippen molar-refractivity contribution < 1.29 is 22.7 Å². The number of nitrogens with zero attached hydrogens (tertiary/aromatic N) is 2. The van der Waals surface area contributed by atoms with Crippen LogP contribution in [-0.2, 0) is 26.2 Å². The fourth-order valence-corrected chi connectivity index (χ4v) is 4.46. The number of hydrogen-bond acceptors (Lipinski definition) is 5. The molecular weight excluding hydrogens is 478 g/mol. The molecule has 1 atom stereocenters. The summed E-state index contributed by atoms with van der Waals surface area (Å²) in [5.74, 6) is -0.191. The Morgan fingerprint density at radius 3 is 2.29 bits per heavy atom. The molecule has 2 aromatic rings. The average Bonchev–Trinajstić information content (AvgIpc) is 2.76. The Labute approximate surface area is 206 Å². The van der Waals surface area contributed by atoms with E-state index in [1.807, 2.05) is 26.8 Å². The van der Waals surface area contributed by atoms with Crippen molar-refractivity contribution in [3.8, 4) is 5.75 Å². The summed E-state index contributed by atoms with van der Waals surface area (Å²) < 4.78 is 31.4. The number of anilines is 1. The standard InChI is InChI=1S/C24H32ClN3O5S/c1-6-22(24(30)26-17(2)3)27(15-18-8-7-9-21(14-18)33-4)23(29)16-28(34(5,31)32)20-12-10-19(25)11-13-20/h7-14,17,22H,6,15-16H2,1-5H3,(H,26,30). The molecule has 0 saturated carbocycles. The summed E-state index contributed by atoms with van der Waals surface area (Å²) in [7, 11) is -2.25. The molecule has 1 unspecified atom stereocenters. The molecule has 2 rings (SSSR count). The third kappa shape index (κ3) is 7.63. The second-order valence-electron chi connectivity index (χ2n) is 8.21. The molecule has 0 bridgehead atoms. The number of carbonyl (C=O) groups excluding carboxylic acids is 2. The summed E-state index contributed by atoms with van der Waals surface area (Å²) in [5.41, 5.74) is 1.06. The van der Waals surface area contributed by atoms with E-state index in [2.05, 4.69) is 5.32 Å². The number of rotatable bonds is 11. The Morgan fingerprint density at radius 1 is 1.12 bits per heavy atom. The first-order chi connectivity index (χ1) is 16.0. The van der Waals surface area contributed by atoms with Crippen LogP contribution in [0.3, 0.4) is 0 Å². The maximum absolute atomic E-state index is 13.6. The fourth-order valence-electron chi connectivity index (χ4n) is 3.49. The monoisotopic (exact) mass is 509 g/mol. The SMILES string of the molecule is CCC(C(=O)NC(C)C)N(Cc1cccc(OC)c1)C(=O)CN(c1ccc(Cl)cc1)S(C)(=O)=O. The molecule has 0 saturated heterocycles. The topological polar surface area (TPSA) is 96.0 Å². The van der Waals surface area contributed by atoms with Gasteiger partial charge >= 0.3 is 0 Å². The van der Waals surface area contributed by atoms with Crippen LogP contribution in [-0.4, -0.2) is 57.1 Å². The van der Waals surface area contributed by atoms with Gasteiger partial charge in [-0.1, -0.05) is 30.7 Å². The number of methoxy groups -OCH3 is 1. The van der Waals surface area contributed by atoms with Crippen molar-refractivity contribution in [2.24, 2.45) is 0 Å². The molecule has 10 heteroatoms. The van der Waals surface area contributed by atoms with E-state index >= 15 is 0 Å². The minimum Gasteiger partial charge on any atom is -0.497 e. The van der Waals surface area contributed by atoms with Gasteiger partial charge in [0.2, 0.25) is 21.8 Å². The predicted molar refractivity (Wildman–Crippen MR) is 135 cm³/mol. The Balaban J connectivity index is 2.44. The van der Waals surface area contributed by atoms with Gasteiger partial charge in [-0.05, 0) is 62.2 Å². The van der Waals surface area contributed by atoms with Crippen LogP contribution in [0, 0.1) is 0 Å². The van der Waals surface area contributed by atoms with Gasteiger partial charge in [0, 0.05) is 17.6 Å². The molecule has 0 aliphatic carbocycles. The highest BCUT2D eigenvalue weighted by Gasteiger charge is 2.32. The van der Waals surface area contributed by atoms with Crippen LogP contribution < -0.4 is 14.4 Å². The van der Waals surface area contributed by atoms with Crippen molar-refractivity contribution in [1.82, 2.24) is 10.2 Å². The van der Waals surface area contributed by atoms with Crippen molar-refractivity contribution in [3.05, 3.63) is 59.1 Å². The average molecular weight is 510 g/mol. The largest absolute Gasteiger partial charge is 0.497 e. The molecule has 34 heavy (non-hydrogen) atoms. The molecule has 1 N–H and O–H groups in total. The maximum Gasteiger partial charge on any atom is 0.244 e. The number of benzene rings is 2. The minimum absolute atomic E-state index is 0.109. The van der Waals surface area contributed by atoms with Gasteiger partial charge in [-0.15, -0.1) is 0 Å². The molecule has 2 amide bonds. The van der Waals surface area contributed by atoms with Crippen LogP contribution in [0.1, 0.15) is 32.8 Å². The lowest BCUT2D eigenvalue weighted by molar-refractivity contribution is -0.140. The highest BCUT2D eigenvalue weighted by Crippen LogP contribution is 2.22. The summed E-state index contributed by atoms with van der Waals surface area (Å²) >= 11 is 5.94. The lowest BCUT2D eigenvalue weighted by atomic mass is 10.1. The lowest BCUT2D eigenvalue weighted by Crippen LogP contribution is -2.53. The first-order valence-corrected chi connectivity index (χ1v) is 13.1. The third-order valence-corrected chi connectivity index (χ3v) is 6.49. The summed E-state index contributed by atoms with van der Waals surface area (Å²) in [6.07, 6.45) is 1.39. The smallest absolute Gasteiger partial charge is 0.244 e. The summed E-state index contributed by atoms with van der Waals surface area (Å²) in [6, 6.07) is 12.5. The second kappa shape index (κ2) is 12.1. The second-order valence-corrected chi connectivity index (χ2v) is 10.5. The molecule has 0 aliphatic heterocycles.